The Hall–Kier alpha value is -0.840. The third kappa shape index (κ3) is 0.880. The number of nitrogens with one attached hydrogen (secondary N) is 1. The first-order chi connectivity index (χ1) is 7.27. The van der Waals surface area contributed by atoms with Crippen molar-refractivity contribution in [3.8, 4) is 0 Å². The Kier molecular flexibility index (Phi) is 1.36. The SMILES string of the molecule is Nc1n[nH]c(=S)n1C1C2C3CCC(C3)C21. The molecule has 0 saturated heterocycles. The highest BCUT2D eigenvalue weighted by molar-refractivity contribution is 7.71. The highest BCUT2D eigenvalue weighted by atomic mass is 32.1. The van der Waals surface area contributed by atoms with Gasteiger partial charge in [0, 0.05) is 6.04 Å². The molecule has 3 N–H and O–H groups in total. The van der Waals surface area contributed by atoms with Crippen molar-refractivity contribution in [2.75, 3.05) is 5.73 Å². The van der Waals surface area contributed by atoms with Crippen LogP contribution in [0, 0.1) is 28.4 Å². The number of rotatable bonds is 1. The van der Waals surface area contributed by atoms with Gasteiger partial charge in [-0.05, 0) is 55.2 Å². The molecule has 0 radical (unpaired) electrons. The Morgan fingerprint density at radius 3 is 2.53 bits per heavy atom. The lowest BCUT2D eigenvalue weighted by molar-refractivity contribution is 0.454. The number of nitrogens with two attached hydrogens (primary N) is 1. The zero-order valence-corrected chi connectivity index (χ0v) is 9.20. The third-order valence-corrected chi connectivity index (χ3v) is 5.01. The number of aromatic nitrogens is 3. The van der Waals surface area contributed by atoms with Crippen LogP contribution in [0.5, 0.6) is 0 Å². The third-order valence-electron chi connectivity index (χ3n) is 4.72. The smallest absolute Gasteiger partial charge is 0.220 e. The quantitative estimate of drug-likeness (QED) is 0.711. The Bertz CT molecular complexity index is 460. The molecule has 4 atom stereocenters. The predicted octanol–water partition coefficient (Wildman–Crippen LogP) is 1.74. The van der Waals surface area contributed by atoms with Gasteiger partial charge < -0.3 is 5.73 Å². The molecular weight excluding hydrogens is 208 g/mol. The topological polar surface area (TPSA) is 59.6 Å². The number of hydrogen-bond donors (Lipinski definition) is 2. The molecule has 3 aliphatic carbocycles. The van der Waals surface area contributed by atoms with Gasteiger partial charge in [0.15, 0.2) is 4.77 Å². The van der Waals surface area contributed by atoms with Gasteiger partial charge in [0.25, 0.3) is 0 Å². The van der Waals surface area contributed by atoms with E-state index < -0.39 is 0 Å². The van der Waals surface area contributed by atoms with Crippen LogP contribution in [0.1, 0.15) is 25.3 Å². The van der Waals surface area contributed by atoms with Crippen molar-refractivity contribution in [1.29, 1.82) is 0 Å². The van der Waals surface area contributed by atoms with Crippen molar-refractivity contribution in [3.63, 3.8) is 0 Å². The van der Waals surface area contributed by atoms with Crippen LogP contribution in [0.3, 0.4) is 0 Å². The average Bonchev–Trinajstić information content (AvgIpc) is 2.61. The first-order valence-electron chi connectivity index (χ1n) is 5.70. The van der Waals surface area contributed by atoms with Gasteiger partial charge in [0.1, 0.15) is 0 Å². The number of anilines is 1. The molecule has 3 aliphatic rings. The molecule has 3 saturated carbocycles. The zero-order valence-electron chi connectivity index (χ0n) is 8.39. The van der Waals surface area contributed by atoms with Gasteiger partial charge in [0.05, 0.1) is 0 Å². The van der Waals surface area contributed by atoms with Crippen LogP contribution >= 0.6 is 12.2 Å². The first kappa shape index (κ1) is 8.33. The largest absolute Gasteiger partial charge is 0.368 e. The van der Waals surface area contributed by atoms with E-state index in [-0.39, 0.29) is 0 Å². The number of aromatic amines is 1. The van der Waals surface area contributed by atoms with Crippen LogP contribution < -0.4 is 5.73 Å². The molecule has 0 spiro atoms. The lowest BCUT2D eigenvalue weighted by Gasteiger charge is -2.09. The monoisotopic (exact) mass is 222 g/mol. The van der Waals surface area contributed by atoms with Gasteiger partial charge in [-0.3, -0.25) is 4.57 Å². The van der Waals surface area contributed by atoms with Crippen molar-refractivity contribution in [2.24, 2.45) is 23.7 Å². The van der Waals surface area contributed by atoms with E-state index in [4.69, 9.17) is 18.0 Å². The van der Waals surface area contributed by atoms with E-state index in [0.717, 1.165) is 23.7 Å². The fraction of sp³-hybridized carbons (Fsp3) is 0.800. The molecule has 1 heterocycles. The van der Waals surface area contributed by atoms with Gasteiger partial charge in [0.2, 0.25) is 5.95 Å². The summed E-state index contributed by atoms with van der Waals surface area (Å²) in [5.74, 6) is 4.17. The van der Waals surface area contributed by atoms with E-state index in [2.05, 4.69) is 14.8 Å². The van der Waals surface area contributed by atoms with E-state index in [9.17, 15) is 0 Å². The summed E-state index contributed by atoms with van der Waals surface area (Å²) in [6, 6.07) is 0.572. The molecule has 2 bridgehead atoms. The maximum Gasteiger partial charge on any atom is 0.220 e. The molecule has 0 amide bonds. The number of nitrogen functional groups attached to an aromatic ring is 1. The van der Waals surface area contributed by atoms with Gasteiger partial charge >= 0.3 is 0 Å². The second-order valence-electron chi connectivity index (χ2n) is 5.24. The molecule has 4 unspecified atom stereocenters. The van der Waals surface area contributed by atoms with E-state index in [1.54, 1.807) is 0 Å². The average molecular weight is 222 g/mol. The predicted molar refractivity (Wildman–Crippen MR) is 58.7 cm³/mol. The lowest BCUT2D eigenvalue weighted by atomic mass is 10.0. The summed E-state index contributed by atoms with van der Waals surface area (Å²) in [6.07, 6.45) is 4.30. The second-order valence-corrected chi connectivity index (χ2v) is 5.62. The number of nitrogens with zero attached hydrogens (tertiary/aromatic N) is 2. The van der Waals surface area contributed by atoms with Crippen molar-refractivity contribution < 1.29 is 0 Å². The number of fused-ring (bicyclic) bond motifs is 5. The molecule has 4 rings (SSSR count). The fourth-order valence-electron chi connectivity index (χ4n) is 4.23. The number of hydrogen-bond acceptors (Lipinski definition) is 3. The molecule has 4 nitrogen and oxygen atoms in total. The van der Waals surface area contributed by atoms with E-state index in [1.165, 1.54) is 19.3 Å². The summed E-state index contributed by atoms with van der Waals surface area (Å²) >= 11 is 5.23. The second kappa shape index (κ2) is 2.45. The first-order valence-corrected chi connectivity index (χ1v) is 6.10. The summed E-state index contributed by atoms with van der Waals surface area (Å²) in [5, 5.41) is 6.79. The van der Waals surface area contributed by atoms with Gasteiger partial charge in [-0.1, -0.05) is 0 Å². The summed E-state index contributed by atoms with van der Waals surface area (Å²) in [5.41, 5.74) is 5.85. The minimum absolute atomic E-state index is 0.568. The maximum absolute atomic E-state index is 5.85. The van der Waals surface area contributed by atoms with E-state index >= 15 is 0 Å². The molecule has 5 heteroatoms. The molecular formula is C10H14N4S. The highest BCUT2D eigenvalue weighted by Gasteiger charge is 2.66. The molecule has 15 heavy (non-hydrogen) atoms. The van der Waals surface area contributed by atoms with Gasteiger partial charge in [-0.15, -0.1) is 5.10 Å². The Labute approximate surface area is 92.9 Å². The standard InChI is InChI=1S/C10H14N4S/c11-9-12-13-10(15)14(9)8-6-4-1-2-5(3-4)7(6)8/h4-8H,1-3H2,(H2,11,12)(H,13,15). The van der Waals surface area contributed by atoms with Crippen molar-refractivity contribution in [1.82, 2.24) is 14.8 Å². The summed E-state index contributed by atoms with van der Waals surface area (Å²) in [6.45, 7) is 0. The normalized spacial score (nSPS) is 45.7. The van der Waals surface area contributed by atoms with Crippen molar-refractivity contribution in [3.05, 3.63) is 4.77 Å². The lowest BCUT2D eigenvalue weighted by Crippen LogP contribution is -2.08. The summed E-state index contributed by atoms with van der Waals surface area (Å²) in [7, 11) is 0. The van der Waals surface area contributed by atoms with E-state index in [1.807, 2.05) is 0 Å². The van der Waals surface area contributed by atoms with Crippen molar-refractivity contribution >= 4 is 18.2 Å². The van der Waals surface area contributed by atoms with Crippen LogP contribution in [0.25, 0.3) is 0 Å². The summed E-state index contributed by atoms with van der Waals surface area (Å²) in [4.78, 5) is 0. The minimum Gasteiger partial charge on any atom is -0.368 e. The van der Waals surface area contributed by atoms with Crippen LogP contribution in [0.2, 0.25) is 0 Å². The van der Waals surface area contributed by atoms with Crippen LogP contribution in [-0.2, 0) is 0 Å². The molecule has 0 aromatic carbocycles. The molecule has 1 aromatic heterocycles. The van der Waals surface area contributed by atoms with E-state index in [0.29, 0.717) is 16.8 Å². The molecule has 0 aliphatic heterocycles. The molecule has 80 valence electrons. The highest BCUT2D eigenvalue weighted by Crippen LogP contribution is 2.71. The number of H-pyrrole nitrogens is 1. The van der Waals surface area contributed by atoms with Crippen molar-refractivity contribution in [2.45, 2.75) is 25.3 Å². The maximum atomic E-state index is 5.85. The minimum atomic E-state index is 0.568. The van der Waals surface area contributed by atoms with Gasteiger partial charge in [-0.2, -0.15) is 0 Å². The summed E-state index contributed by atoms with van der Waals surface area (Å²) < 4.78 is 2.75. The van der Waals surface area contributed by atoms with Crippen LogP contribution in [0.4, 0.5) is 5.95 Å². The van der Waals surface area contributed by atoms with Gasteiger partial charge in [-0.25, -0.2) is 5.10 Å². The zero-order chi connectivity index (χ0) is 10.2. The Morgan fingerprint density at radius 1 is 1.33 bits per heavy atom. The van der Waals surface area contributed by atoms with Crippen LogP contribution in [-0.4, -0.2) is 14.8 Å². The fourth-order valence-corrected chi connectivity index (χ4v) is 4.49. The molecule has 3 fully saturated rings. The Balaban J connectivity index is 1.75. The Morgan fingerprint density at radius 2 is 2.00 bits per heavy atom. The van der Waals surface area contributed by atoms with Crippen LogP contribution in [0.15, 0.2) is 0 Å². The molecule has 1 aromatic rings.